The second-order valence-electron chi connectivity index (χ2n) is 3.02. The minimum Gasteiger partial charge on any atom is -0.330 e. The molecule has 0 unspecified atom stereocenters. The van der Waals surface area contributed by atoms with Crippen molar-refractivity contribution < 1.29 is 40.6 Å². The highest BCUT2D eigenvalue weighted by molar-refractivity contribution is 4.86. The number of methoxy groups -OCH3 is 1. The van der Waals surface area contributed by atoms with Gasteiger partial charge in [-0.3, -0.25) is 0 Å². The van der Waals surface area contributed by atoms with E-state index in [2.05, 4.69) is 14.2 Å². The molecule has 0 aromatic rings. The van der Waals surface area contributed by atoms with E-state index in [0.29, 0.717) is 7.11 Å². The maximum Gasteiger partial charge on any atom is 0.408 e. The molecule has 0 radical (unpaired) electrons. The van der Waals surface area contributed by atoms with Gasteiger partial charge in [-0.1, -0.05) is 0 Å². The lowest BCUT2D eigenvalue weighted by Gasteiger charge is -2.35. The highest BCUT2D eigenvalue weighted by Crippen LogP contribution is 2.49. The fourth-order valence-electron chi connectivity index (χ4n) is 1.40. The molecule has 0 amide bonds. The van der Waals surface area contributed by atoms with Gasteiger partial charge in [-0.25, -0.2) is 0 Å². The van der Waals surface area contributed by atoms with E-state index in [1.54, 1.807) is 0 Å². The van der Waals surface area contributed by atoms with Gasteiger partial charge in [0.1, 0.15) is 0 Å². The van der Waals surface area contributed by atoms with E-state index in [1.807, 2.05) is 0 Å². The van der Waals surface area contributed by atoms with Crippen molar-refractivity contribution in [3.63, 3.8) is 0 Å². The van der Waals surface area contributed by atoms with Gasteiger partial charge < -0.3 is 14.2 Å². The SMILES string of the molecule is COC1(C(C(F)(F)F)C(F)(F)F)OCCO1. The Morgan fingerprint density at radius 2 is 1.38 bits per heavy atom. The lowest BCUT2D eigenvalue weighted by Crippen LogP contribution is -2.55. The zero-order valence-electron chi connectivity index (χ0n) is 7.98. The third-order valence-electron chi connectivity index (χ3n) is 1.98. The smallest absolute Gasteiger partial charge is 0.330 e. The van der Waals surface area contributed by atoms with E-state index >= 15 is 0 Å². The van der Waals surface area contributed by atoms with Gasteiger partial charge in [0.15, 0.2) is 0 Å². The molecule has 1 aliphatic rings. The summed E-state index contributed by atoms with van der Waals surface area (Å²) in [6.07, 6.45) is -11.1. The molecule has 1 fully saturated rings. The molecule has 3 nitrogen and oxygen atoms in total. The summed E-state index contributed by atoms with van der Waals surface area (Å²) in [7, 11) is 0.663. The summed E-state index contributed by atoms with van der Waals surface area (Å²) < 4.78 is 86.8. The maximum absolute atomic E-state index is 12.3. The number of hydrogen-bond donors (Lipinski definition) is 0. The van der Waals surface area contributed by atoms with Crippen molar-refractivity contribution in [3.8, 4) is 0 Å². The summed E-state index contributed by atoms with van der Waals surface area (Å²) in [6, 6.07) is 0. The quantitative estimate of drug-likeness (QED) is 0.706. The van der Waals surface area contributed by atoms with Crippen molar-refractivity contribution in [2.45, 2.75) is 18.3 Å². The Balaban J connectivity index is 3.09. The molecule has 0 N–H and O–H groups in total. The fourth-order valence-corrected chi connectivity index (χ4v) is 1.40. The molecule has 1 aliphatic heterocycles. The van der Waals surface area contributed by atoms with Gasteiger partial charge in [0.05, 0.1) is 13.2 Å². The number of hydrogen-bond acceptors (Lipinski definition) is 3. The maximum atomic E-state index is 12.3. The molecule has 96 valence electrons. The zero-order chi connectivity index (χ0) is 12.6. The van der Waals surface area contributed by atoms with Crippen LogP contribution in [0.2, 0.25) is 0 Å². The van der Waals surface area contributed by atoms with Gasteiger partial charge in [0, 0.05) is 7.11 Å². The van der Waals surface area contributed by atoms with Gasteiger partial charge in [0.2, 0.25) is 5.92 Å². The van der Waals surface area contributed by atoms with E-state index < -0.39 is 37.5 Å². The largest absolute Gasteiger partial charge is 0.408 e. The molecule has 1 saturated heterocycles. The van der Waals surface area contributed by atoms with Crippen molar-refractivity contribution in [3.05, 3.63) is 0 Å². The van der Waals surface area contributed by atoms with E-state index in [9.17, 15) is 26.3 Å². The summed E-state index contributed by atoms with van der Waals surface area (Å²) in [4.78, 5) is 0. The predicted octanol–water partition coefficient (Wildman–Crippen LogP) is 2.07. The van der Waals surface area contributed by atoms with Crippen molar-refractivity contribution in [1.29, 1.82) is 0 Å². The monoisotopic (exact) mass is 254 g/mol. The highest BCUT2D eigenvalue weighted by Gasteiger charge is 2.70. The third kappa shape index (κ3) is 2.41. The standard InChI is InChI=1S/C7H8F6O3/c1-14-7(15-2-3-16-7)4(5(8,9)10)6(11,12)13/h4H,2-3H2,1H3. The Morgan fingerprint density at radius 1 is 1.00 bits per heavy atom. The number of rotatable bonds is 2. The van der Waals surface area contributed by atoms with Gasteiger partial charge in [0.25, 0.3) is 0 Å². The van der Waals surface area contributed by atoms with Crippen molar-refractivity contribution >= 4 is 0 Å². The number of alkyl halides is 6. The van der Waals surface area contributed by atoms with Crippen LogP contribution in [0.3, 0.4) is 0 Å². The van der Waals surface area contributed by atoms with Crippen molar-refractivity contribution in [2.24, 2.45) is 5.92 Å². The summed E-state index contributed by atoms with van der Waals surface area (Å²) in [5.74, 6) is -6.96. The van der Waals surface area contributed by atoms with Crippen LogP contribution in [0.1, 0.15) is 0 Å². The molecule has 0 aromatic carbocycles. The third-order valence-corrected chi connectivity index (χ3v) is 1.98. The molecule has 0 aromatic heterocycles. The Labute approximate surface area is 86.3 Å². The van der Waals surface area contributed by atoms with E-state index in [0.717, 1.165) is 0 Å². The van der Waals surface area contributed by atoms with Crippen LogP contribution in [0.25, 0.3) is 0 Å². The Bertz CT molecular complexity index is 227. The molecule has 16 heavy (non-hydrogen) atoms. The van der Waals surface area contributed by atoms with E-state index in [-0.39, 0.29) is 0 Å². The zero-order valence-corrected chi connectivity index (χ0v) is 7.98. The first-order valence-corrected chi connectivity index (χ1v) is 4.10. The summed E-state index contributed by atoms with van der Waals surface area (Å²) in [5.41, 5.74) is 0. The molecular weight excluding hydrogens is 246 g/mol. The molecule has 9 heteroatoms. The second-order valence-corrected chi connectivity index (χ2v) is 3.02. The van der Waals surface area contributed by atoms with Crippen LogP contribution in [-0.2, 0) is 14.2 Å². The Hall–Kier alpha value is -0.540. The number of halogens is 6. The first-order valence-electron chi connectivity index (χ1n) is 4.10. The molecule has 0 bridgehead atoms. The van der Waals surface area contributed by atoms with Crippen LogP contribution < -0.4 is 0 Å². The van der Waals surface area contributed by atoms with E-state index in [1.165, 1.54) is 0 Å². The topological polar surface area (TPSA) is 27.7 Å². The lowest BCUT2D eigenvalue weighted by atomic mass is 10.1. The van der Waals surface area contributed by atoms with Gasteiger partial charge >= 0.3 is 18.3 Å². The first-order chi connectivity index (χ1) is 7.13. The molecule has 0 aliphatic carbocycles. The molecule has 0 spiro atoms. The average Bonchev–Trinajstić information content (AvgIpc) is 2.48. The Morgan fingerprint density at radius 3 is 1.62 bits per heavy atom. The van der Waals surface area contributed by atoms with Gasteiger partial charge in [-0.2, -0.15) is 26.3 Å². The van der Waals surface area contributed by atoms with Crippen LogP contribution >= 0.6 is 0 Å². The molecule has 1 rings (SSSR count). The van der Waals surface area contributed by atoms with Crippen molar-refractivity contribution in [1.82, 2.24) is 0 Å². The fraction of sp³-hybridized carbons (Fsp3) is 1.00. The van der Waals surface area contributed by atoms with Gasteiger partial charge in [-0.05, 0) is 0 Å². The van der Waals surface area contributed by atoms with Crippen LogP contribution in [0, 0.1) is 5.92 Å². The minimum atomic E-state index is -5.57. The van der Waals surface area contributed by atoms with E-state index in [4.69, 9.17) is 0 Å². The summed E-state index contributed by atoms with van der Waals surface area (Å²) in [6.45, 7) is -0.785. The van der Waals surface area contributed by atoms with Crippen molar-refractivity contribution in [2.75, 3.05) is 20.3 Å². The molecule has 0 atom stereocenters. The molecule has 0 saturated carbocycles. The molecular formula is C7H8F6O3. The molecule has 1 heterocycles. The van der Waals surface area contributed by atoms with Crippen LogP contribution in [-0.4, -0.2) is 38.6 Å². The predicted molar refractivity (Wildman–Crippen MR) is 37.2 cm³/mol. The van der Waals surface area contributed by atoms with Crippen LogP contribution in [0.5, 0.6) is 0 Å². The average molecular weight is 254 g/mol. The van der Waals surface area contributed by atoms with Crippen LogP contribution in [0.4, 0.5) is 26.3 Å². The first kappa shape index (κ1) is 13.5. The Kier molecular flexibility index (Phi) is 3.42. The minimum absolute atomic E-state index is 0.392. The second kappa shape index (κ2) is 4.04. The normalized spacial score (nSPS) is 21.8. The van der Waals surface area contributed by atoms with Gasteiger partial charge in [-0.15, -0.1) is 0 Å². The highest BCUT2D eigenvalue weighted by atomic mass is 19.4. The number of ether oxygens (including phenoxy) is 3. The summed E-state index contributed by atoms with van der Waals surface area (Å²) >= 11 is 0. The van der Waals surface area contributed by atoms with Crippen LogP contribution in [0.15, 0.2) is 0 Å². The summed E-state index contributed by atoms with van der Waals surface area (Å²) in [5, 5.41) is 0. The lowest BCUT2D eigenvalue weighted by molar-refractivity contribution is -0.439.